The molecule has 2 aromatic carbocycles. The van der Waals surface area contributed by atoms with Gasteiger partial charge in [-0.25, -0.2) is 4.98 Å². The van der Waals surface area contributed by atoms with Crippen LogP contribution in [0.15, 0.2) is 78.6 Å². The van der Waals surface area contributed by atoms with Crippen molar-refractivity contribution in [2.45, 2.75) is 19.5 Å². The van der Waals surface area contributed by atoms with E-state index in [0.717, 1.165) is 11.1 Å². The van der Waals surface area contributed by atoms with E-state index in [4.69, 9.17) is 4.74 Å². The molecule has 4 rings (SSSR count). The predicted molar refractivity (Wildman–Crippen MR) is 115 cm³/mol. The van der Waals surface area contributed by atoms with Crippen LogP contribution in [-0.4, -0.2) is 28.8 Å². The zero-order valence-electron chi connectivity index (χ0n) is 17.3. The highest BCUT2D eigenvalue weighted by Crippen LogP contribution is 2.40. The molecule has 1 aromatic heterocycles. The Hall–Kier alpha value is -3.93. The fourth-order valence-corrected chi connectivity index (χ4v) is 3.77. The molecule has 2 N–H and O–H groups in total. The quantitative estimate of drug-likeness (QED) is 0.393. The number of rotatable bonds is 5. The van der Waals surface area contributed by atoms with E-state index in [9.17, 15) is 14.7 Å². The first kappa shape index (κ1) is 20.3. The molecule has 1 atom stereocenters. The van der Waals surface area contributed by atoms with E-state index >= 15 is 0 Å². The molecule has 6 heteroatoms. The van der Waals surface area contributed by atoms with Crippen molar-refractivity contribution in [3.63, 3.8) is 0 Å². The van der Waals surface area contributed by atoms with E-state index in [1.165, 1.54) is 4.90 Å². The molecule has 31 heavy (non-hydrogen) atoms. The van der Waals surface area contributed by atoms with Crippen LogP contribution in [0.2, 0.25) is 0 Å². The van der Waals surface area contributed by atoms with Crippen molar-refractivity contribution in [1.29, 1.82) is 0 Å². The molecule has 0 saturated carbocycles. The standard InChI is InChI=1S/C25H22N2O4/c1-16-5-7-19(8-6-16)23(28)21-22(18-9-11-20(31-2)12-10-18)27(25(30)24(21)29)15-17-4-3-13-26-14-17/h3-14,22,28H,15H2,1-2H3/p+1. The molecule has 6 nitrogen and oxygen atoms in total. The smallest absolute Gasteiger partial charge is 0.295 e. The number of ketones is 1. The van der Waals surface area contributed by atoms with Crippen LogP contribution < -0.4 is 9.72 Å². The summed E-state index contributed by atoms with van der Waals surface area (Å²) in [6, 6.07) is 17.4. The molecule has 1 aliphatic rings. The highest BCUT2D eigenvalue weighted by atomic mass is 16.5. The van der Waals surface area contributed by atoms with Crippen molar-refractivity contribution in [3.8, 4) is 5.75 Å². The molecule has 0 spiro atoms. The summed E-state index contributed by atoms with van der Waals surface area (Å²) in [4.78, 5) is 30.6. The molecule has 0 bridgehead atoms. The summed E-state index contributed by atoms with van der Waals surface area (Å²) >= 11 is 0. The average Bonchev–Trinajstić information content (AvgIpc) is 3.05. The van der Waals surface area contributed by atoms with Gasteiger partial charge in [-0.15, -0.1) is 0 Å². The molecule has 2 heterocycles. The van der Waals surface area contributed by atoms with Gasteiger partial charge < -0.3 is 14.7 Å². The van der Waals surface area contributed by atoms with E-state index in [-0.39, 0.29) is 17.9 Å². The topological polar surface area (TPSA) is 81.0 Å². The zero-order valence-corrected chi connectivity index (χ0v) is 17.3. The van der Waals surface area contributed by atoms with Crippen LogP contribution in [-0.2, 0) is 16.1 Å². The number of carbonyl (C=O) groups excluding carboxylic acids is 2. The highest BCUT2D eigenvalue weighted by molar-refractivity contribution is 6.46. The highest BCUT2D eigenvalue weighted by Gasteiger charge is 2.46. The number of nitrogens with one attached hydrogen (secondary N) is 1. The van der Waals surface area contributed by atoms with Crippen LogP contribution in [0.1, 0.15) is 28.3 Å². The molecule has 156 valence electrons. The van der Waals surface area contributed by atoms with Crippen molar-refractivity contribution in [2.75, 3.05) is 7.11 Å². The number of pyridine rings is 1. The number of methoxy groups -OCH3 is 1. The summed E-state index contributed by atoms with van der Waals surface area (Å²) in [7, 11) is 1.57. The number of H-pyrrole nitrogens is 1. The summed E-state index contributed by atoms with van der Waals surface area (Å²) in [5, 5.41) is 11.1. The third kappa shape index (κ3) is 3.92. The number of aromatic amines is 1. The van der Waals surface area contributed by atoms with Gasteiger partial charge >= 0.3 is 0 Å². The van der Waals surface area contributed by atoms with Crippen LogP contribution >= 0.6 is 0 Å². The summed E-state index contributed by atoms with van der Waals surface area (Å²) in [5.41, 5.74) is 3.17. The second-order valence-corrected chi connectivity index (χ2v) is 7.48. The molecule has 0 aliphatic carbocycles. The molecule has 1 saturated heterocycles. The number of likely N-dealkylation sites (tertiary alicyclic amines) is 1. The third-order valence-corrected chi connectivity index (χ3v) is 5.42. The number of nitrogens with zero attached hydrogens (tertiary/aromatic N) is 1. The van der Waals surface area contributed by atoms with Gasteiger partial charge in [0.25, 0.3) is 11.7 Å². The predicted octanol–water partition coefficient (Wildman–Crippen LogP) is 3.44. The van der Waals surface area contributed by atoms with E-state index < -0.39 is 17.7 Å². The number of hydrogen-bond acceptors (Lipinski definition) is 4. The lowest BCUT2D eigenvalue weighted by Gasteiger charge is -2.25. The lowest BCUT2D eigenvalue weighted by Crippen LogP contribution is -2.29. The van der Waals surface area contributed by atoms with E-state index in [1.54, 1.807) is 43.8 Å². The van der Waals surface area contributed by atoms with Crippen molar-refractivity contribution in [3.05, 3.63) is 101 Å². The number of aliphatic hydroxyl groups excluding tert-OH is 1. The number of carbonyl (C=O) groups is 2. The first-order valence-electron chi connectivity index (χ1n) is 9.94. The van der Waals surface area contributed by atoms with Crippen LogP contribution in [0.25, 0.3) is 5.76 Å². The van der Waals surface area contributed by atoms with Crippen molar-refractivity contribution in [2.24, 2.45) is 0 Å². The van der Waals surface area contributed by atoms with Crippen LogP contribution in [0.3, 0.4) is 0 Å². The number of hydrogen-bond donors (Lipinski definition) is 1. The number of amides is 1. The second-order valence-electron chi connectivity index (χ2n) is 7.48. The SMILES string of the molecule is COc1ccc(C2C(=C(O)c3ccc(C)cc3)C(=O)C(=O)N2Cc2ccc[nH+]c2)cc1. The fourth-order valence-electron chi connectivity index (χ4n) is 3.77. The van der Waals surface area contributed by atoms with Crippen molar-refractivity contribution < 1.29 is 24.4 Å². The molecular weight excluding hydrogens is 392 g/mol. The fraction of sp³-hybridized carbons (Fsp3) is 0.160. The summed E-state index contributed by atoms with van der Waals surface area (Å²) in [6.45, 7) is 2.17. The maximum atomic E-state index is 13.1. The Balaban J connectivity index is 1.85. The largest absolute Gasteiger partial charge is 0.507 e. The van der Waals surface area contributed by atoms with E-state index in [2.05, 4.69) is 4.98 Å². The van der Waals surface area contributed by atoms with Gasteiger partial charge in [-0.1, -0.05) is 42.0 Å². The minimum atomic E-state index is -0.715. The van der Waals surface area contributed by atoms with Crippen LogP contribution in [0.5, 0.6) is 5.75 Å². The summed E-state index contributed by atoms with van der Waals surface area (Å²) in [6.07, 6.45) is 3.56. The molecule has 1 amide bonds. The van der Waals surface area contributed by atoms with Gasteiger partial charge in [0.15, 0.2) is 12.4 Å². The summed E-state index contributed by atoms with van der Waals surface area (Å²) in [5.74, 6) is -0.852. The Morgan fingerprint density at radius 1 is 1.06 bits per heavy atom. The first-order valence-corrected chi connectivity index (χ1v) is 9.94. The number of ether oxygens (including phenoxy) is 1. The van der Waals surface area contributed by atoms with Crippen LogP contribution in [0.4, 0.5) is 0 Å². The minimum Gasteiger partial charge on any atom is -0.507 e. The lowest BCUT2D eigenvalue weighted by atomic mass is 9.95. The maximum absolute atomic E-state index is 13.1. The molecule has 1 unspecified atom stereocenters. The third-order valence-electron chi connectivity index (χ3n) is 5.42. The van der Waals surface area contributed by atoms with Gasteiger partial charge in [-0.2, -0.15) is 0 Å². The van der Waals surface area contributed by atoms with Gasteiger partial charge in [0, 0.05) is 17.2 Å². The second kappa shape index (κ2) is 8.44. The Morgan fingerprint density at radius 3 is 2.39 bits per heavy atom. The van der Waals surface area contributed by atoms with E-state index in [0.29, 0.717) is 16.9 Å². The number of aryl methyl sites for hydroxylation is 1. The van der Waals surface area contributed by atoms with E-state index in [1.807, 2.05) is 43.3 Å². The number of benzene rings is 2. The Morgan fingerprint density at radius 2 is 1.77 bits per heavy atom. The van der Waals surface area contributed by atoms with Gasteiger partial charge in [-0.05, 0) is 30.7 Å². The minimum absolute atomic E-state index is 0.0823. The Bertz CT molecular complexity index is 1140. The van der Waals surface area contributed by atoms with Crippen LogP contribution in [0, 0.1) is 6.92 Å². The lowest BCUT2D eigenvalue weighted by molar-refractivity contribution is -0.378. The normalized spacial score (nSPS) is 17.7. The average molecular weight is 415 g/mol. The molecule has 3 aromatic rings. The zero-order chi connectivity index (χ0) is 22.0. The molecular formula is C25H23N2O4+. The number of aliphatic hydroxyl groups is 1. The summed E-state index contributed by atoms with van der Waals surface area (Å²) < 4.78 is 5.24. The molecule has 0 radical (unpaired) electrons. The Kier molecular flexibility index (Phi) is 5.54. The van der Waals surface area contributed by atoms with Crippen molar-refractivity contribution >= 4 is 17.4 Å². The van der Waals surface area contributed by atoms with Crippen molar-refractivity contribution in [1.82, 2.24) is 4.90 Å². The maximum Gasteiger partial charge on any atom is 0.295 e. The number of Topliss-reactive ketones (excluding diaryl/α,β-unsaturated/α-hetero) is 1. The molecule has 1 fully saturated rings. The molecule has 1 aliphatic heterocycles. The van der Waals surface area contributed by atoms with Gasteiger partial charge in [0.05, 0.1) is 25.3 Å². The van der Waals surface area contributed by atoms with Gasteiger partial charge in [0.2, 0.25) is 0 Å². The monoisotopic (exact) mass is 415 g/mol. The van der Waals surface area contributed by atoms with Gasteiger partial charge in [0.1, 0.15) is 11.5 Å². The van der Waals surface area contributed by atoms with Gasteiger partial charge in [-0.3, -0.25) is 9.59 Å². The number of aromatic nitrogens is 1. The first-order chi connectivity index (χ1) is 15.0. The Labute approximate surface area is 180 Å².